The van der Waals surface area contributed by atoms with Crippen molar-refractivity contribution in [3.05, 3.63) is 83.2 Å². The van der Waals surface area contributed by atoms with Gasteiger partial charge in [0.25, 0.3) is 11.8 Å². The summed E-state index contributed by atoms with van der Waals surface area (Å²) in [7, 11) is 0. The Kier molecular flexibility index (Phi) is 5.12. The quantitative estimate of drug-likeness (QED) is 0.744. The molecule has 1 aromatic carbocycles. The summed E-state index contributed by atoms with van der Waals surface area (Å²) >= 11 is 0. The minimum absolute atomic E-state index is 0.0157. The molecular weight excluding hydrogens is 366 g/mol. The predicted octanol–water partition coefficient (Wildman–Crippen LogP) is 2.73. The van der Waals surface area contributed by atoms with Gasteiger partial charge in [-0.05, 0) is 37.6 Å². The molecule has 0 radical (unpaired) electrons. The first-order valence-corrected chi connectivity index (χ1v) is 9.65. The topological polar surface area (TPSA) is 80.1 Å². The van der Waals surface area contributed by atoms with Gasteiger partial charge in [-0.1, -0.05) is 23.8 Å². The van der Waals surface area contributed by atoms with E-state index < -0.39 is 0 Å². The number of aromatic nitrogens is 3. The second-order valence-corrected chi connectivity index (χ2v) is 7.27. The van der Waals surface area contributed by atoms with E-state index >= 15 is 0 Å². The summed E-state index contributed by atoms with van der Waals surface area (Å²) in [6.45, 7) is 5.50. The second-order valence-electron chi connectivity index (χ2n) is 7.27. The van der Waals surface area contributed by atoms with Gasteiger partial charge in [-0.3, -0.25) is 14.6 Å². The third-order valence-corrected chi connectivity index (χ3v) is 5.16. The van der Waals surface area contributed by atoms with Gasteiger partial charge < -0.3 is 14.8 Å². The minimum atomic E-state index is -0.237. The van der Waals surface area contributed by atoms with E-state index in [-0.39, 0.29) is 17.9 Å². The first-order valence-electron chi connectivity index (χ1n) is 9.65. The van der Waals surface area contributed by atoms with Crippen molar-refractivity contribution in [2.75, 3.05) is 6.54 Å². The van der Waals surface area contributed by atoms with Gasteiger partial charge in [0.2, 0.25) is 0 Å². The SMILES string of the molecule is Cc1cccc(C(=O)N2CCn3cc(C(=O)NCc4cccnc4)nc3[C@@H]2C)c1. The molecule has 0 bridgehead atoms. The number of rotatable bonds is 4. The van der Waals surface area contributed by atoms with Gasteiger partial charge in [0.15, 0.2) is 0 Å². The van der Waals surface area contributed by atoms with Gasteiger partial charge in [-0.25, -0.2) is 4.98 Å². The summed E-state index contributed by atoms with van der Waals surface area (Å²) in [5.41, 5.74) is 3.01. The largest absolute Gasteiger partial charge is 0.347 e. The molecule has 148 valence electrons. The van der Waals surface area contributed by atoms with E-state index in [0.717, 1.165) is 17.0 Å². The van der Waals surface area contributed by atoms with Gasteiger partial charge in [0.05, 0.1) is 6.04 Å². The molecule has 29 heavy (non-hydrogen) atoms. The fraction of sp³-hybridized carbons (Fsp3) is 0.273. The van der Waals surface area contributed by atoms with Crippen LogP contribution in [-0.4, -0.2) is 37.8 Å². The summed E-state index contributed by atoms with van der Waals surface area (Å²) in [5.74, 6) is 0.473. The lowest BCUT2D eigenvalue weighted by Crippen LogP contribution is -2.41. The van der Waals surface area contributed by atoms with E-state index in [9.17, 15) is 9.59 Å². The number of amides is 2. The summed E-state index contributed by atoms with van der Waals surface area (Å²) < 4.78 is 1.96. The zero-order chi connectivity index (χ0) is 20.4. The van der Waals surface area contributed by atoms with Crippen molar-refractivity contribution in [2.24, 2.45) is 0 Å². The number of hydrogen-bond donors (Lipinski definition) is 1. The number of nitrogens with one attached hydrogen (secondary N) is 1. The van der Waals surface area contributed by atoms with E-state index in [1.807, 2.05) is 59.7 Å². The Hall–Kier alpha value is -3.48. The zero-order valence-corrected chi connectivity index (χ0v) is 16.5. The number of aryl methyl sites for hydroxylation is 1. The molecule has 1 atom stereocenters. The van der Waals surface area contributed by atoms with Gasteiger partial charge >= 0.3 is 0 Å². The van der Waals surface area contributed by atoms with E-state index in [1.165, 1.54) is 0 Å². The standard InChI is InChI=1S/C22H23N5O2/c1-15-5-3-7-18(11-15)22(29)27-10-9-26-14-19(25-20(26)16(27)2)21(28)24-13-17-6-4-8-23-12-17/h3-8,11-12,14,16H,9-10,13H2,1-2H3,(H,24,28)/t16-/m0/s1. The minimum Gasteiger partial charge on any atom is -0.347 e. The first-order chi connectivity index (χ1) is 14.0. The maximum absolute atomic E-state index is 13.0. The number of pyridine rings is 1. The van der Waals surface area contributed by atoms with Crippen LogP contribution >= 0.6 is 0 Å². The van der Waals surface area contributed by atoms with E-state index in [4.69, 9.17) is 0 Å². The van der Waals surface area contributed by atoms with Gasteiger partial charge in [0.1, 0.15) is 11.5 Å². The molecule has 7 nitrogen and oxygen atoms in total. The molecule has 1 N–H and O–H groups in total. The lowest BCUT2D eigenvalue weighted by molar-refractivity contribution is 0.0637. The van der Waals surface area contributed by atoms with E-state index in [0.29, 0.717) is 30.9 Å². The Morgan fingerprint density at radius 1 is 1.21 bits per heavy atom. The molecule has 0 saturated heterocycles. The molecule has 2 aromatic heterocycles. The van der Waals surface area contributed by atoms with Crippen molar-refractivity contribution in [3.8, 4) is 0 Å². The van der Waals surface area contributed by atoms with Gasteiger partial charge in [0, 0.05) is 43.8 Å². The molecule has 0 aliphatic carbocycles. The lowest BCUT2D eigenvalue weighted by atomic mass is 10.1. The van der Waals surface area contributed by atoms with Crippen LogP contribution in [0.15, 0.2) is 55.0 Å². The van der Waals surface area contributed by atoms with E-state index in [1.54, 1.807) is 18.6 Å². The Morgan fingerprint density at radius 3 is 2.83 bits per heavy atom. The summed E-state index contributed by atoms with van der Waals surface area (Å²) in [5, 5.41) is 2.87. The van der Waals surface area contributed by atoms with Crippen molar-refractivity contribution < 1.29 is 9.59 Å². The molecule has 7 heteroatoms. The predicted molar refractivity (Wildman–Crippen MR) is 108 cm³/mol. The molecule has 4 rings (SSSR count). The molecular formula is C22H23N5O2. The van der Waals surface area contributed by atoms with Crippen LogP contribution in [0.2, 0.25) is 0 Å². The molecule has 0 fully saturated rings. The van der Waals surface area contributed by atoms with Crippen molar-refractivity contribution in [1.29, 1.82) is 0 Å². The monoisotopic (exact) mass is 389 g/mol. The average Bonchev–Trinajstić information content (AvgIpc) is 3.18. The number of imidazole rings is 1. The highest BCUT2D eigenvalue weighted by atomic mass is 16.2. The average molecular weight is 389 g/mol. The molecule has 0 unspecified atom stereocenters. The van der Waals surface area contributed by atoms with Crippen LogP contribution in [0.3, 0.4) is 0 Å². The Labute approximate surface area is 169 Å². The van der Waals surface area contributed by atoms with Crippen LogP contribution in [0, 0.1) is 6.92 Å². The number of fused-ring (bicyclic) bond motifs is 1. The molecule has 1 aliphatic rings. The third-order valence-electron chi connectivity index (χ3n) is 5.16. The van der Waals surface area contributed by atoms with Crippen LogP contribution in [-0.2, 0) is 13.1 Å². The Balaban J connectivity index is 1.48. The fourth-order valence-corrected chi connectivity index (χ4v) is 3.60. The molecule has 3 aromatic rings. The Bertz CT molecular complexity index is 1040. The normalized spacial score (nSPS) is 15.7. The van der Waals surface area contributed by atoms with Crippen molar-refractivity contribution in [2.45, 2.75) is 33.0 Å². The number of benzene rings is 1. The van der Waals surface area contributed by atoms with Crippen LogP contribution in [0.1, 0.15) is 50.8 Å². The van der Waals surface area contributed by atoms with Crippen LogP contribution < -0.4 is 5.32 Å². The highest BCUT2D eigenvalue weighted by Gasteiger charge is 2.31. The third kappa shape index (κ3) is 3.89. The maximum atomic E-state index is 13.0. The summed E-state index contributed by atoms with van der Waals surface area (Å²) in [4.78, 5) is 35.9. The van der Waals surface area contributed by atoms with Gasteiger partial charge in [-0.2, -0.15) is 0 Å². The Morgan fingerprint density at radius 2 is 2.07 bits per heavy atom. The van der Waals surface area contributed by atoms with Gasteiger partial charge in [-0.15, -0.1) is 0 Å². The van der Waals surface area contributed by atoms with Crippen molar-refractivity contribution >= 4 is 11.8 Å². The molecule has 0 spiro atoms. The highest BCUT2D eigenvalue weighted by molar-refractivity contribution is 5.95. The summed E-state index contributed by atoms with van der Waals surface area (Å²) in [6, 6.07) is 11.1. The van der Waals surface area contributed by atoms with E-state index in [2.05, 4.69) is 15.3 Å². The number of nitrogens with zero attached hydrogens (tertiary/aromatic N) is 4. The first kappa shape index (κ1) is 18.9. The van der Waals surface area contributed by atoms with Crippen LogP contribution in [0.25, 0.3) is 0 Å². The number of hydrogen-bond acceptors (Lipinski definition) is 4. The molecule has 2 amide bonds. The summed E-state index contributed by atoms with van der Waals surface area (Å²) in [6.07, 6.45) is 5.17. The molecule has 3 heterocycles. The smallest absolute Gasteiger partial charge is 0.271 e. The lowest BCUT2D eigenvalue weighted by Gasteiger charge is -2.33. The van der Waals surface area contributed by atoms with Crippen LogP contribution in [0.5, 0.6) is 0 Å². The molecule has 0 saturated carbocycles. The molecule has 1 aliphatic heterocycles. The van der Waals surface area contributed by atoms with Crippen molar-refractivity contribution in [1.82, 2.24) is 24.8 Å². The number of carbonyl (C=O) groups is 2. The highest BCUT2D eigenvalue weighted by Crippen LogP contribution is 2.26. The number of carbonyl (C=O) groups excluding carboxylic acids is 2. The second kappa shape index (κ2) is 7.87. The fourth-order valence-electron chi connectivity index (χ4n) is 3.60. The van der Waals surface area contributed by atoms with Crippen molar-refractivity contribution in [3.63, 3.8) is 0 Å². The van der Waals surface area contributed by atoms with Crippen LogP contribution in [0.4, 0.5) is 0 Å². The maximum Gasteiger partial charge on any atom is 0.271 e. The zero-order valence-electron chi connectivity index (χ0n) is 16.5.